The monoisotopic (exact) mass is 404 g/mol. The van der Waals surface area contributed by atoms with E-state index in [9.17, 15) is 24.0 Å². The lowest BCUT2D eigenvalue weighted by Gasteiger charge is -2.27. The van der Waals surface area contributed by atoms with E-state index in [0.717, 1.165) is 0 Å². The van der Waals surface area contributed by atoms with Crippen LogP contribution in [0.5, 0.6) is 0 Å². The van der Waals surface area contributed by atoms with Gasteiger partial charge in [0.1, 0.15) is 24.2 Å². The van der Waals surface area contributed by atoms with E-state index in [1.165, 1.54) is 6.92 Å². The molecule has 0 radical (unpaired) electrons. The zero-order valence-corrected chi connectivity index (χ0v) is 16.0. The first-order valence-corrected chi connectivity index (χ1v) is 8.66. The fraction of sp³-hybridized carbons (Fsp3) is 0.688. The van der Waals surface area contributed by atoms with Crippen molar-refractivity contribution in [2.75, 3.05) is 6.61 Å². The summed E-state index contributed by atoms with van der Waals surface area (Å²) in [6.45, 7) is 3.93. The number of amides is 3. The first-order valence-electron chi connectivity index (χ1n) is 8.66. The number of hydrogen-bond acceptors (Lipinski definition) is 7. The van der Waals surface area contributed by atoms with Gasteiger partial charge in [0, 0.05) is 0 Å². The summed E-state index contributed by atoms with van der Waals surface area (Å²) in [5.74, 6) is -5.72. The number of hydrogen-bond donors (Lipinski definition) is 7. The molecule has 0 heterocycles. The van der Waals surface area contributed by atoms with Crippen LogP contribution in [0.25, 0.3) is 0 Å². The van der Waals surface area contributed by atoms with E-state index in [0.29, 0.717) is 6.42 Å². The van der Waals surface area contributed by atoms with Crippen molar-refractivity contribution in [3.05, 3.63) is 0 Å². The van der Waals surface area contributed by atoms with Gasteiger partial charge in [-0.2, -0.15) is 0 Å². The Bertz CT molecular complexity index is 597. The topological polar surface area (TPSA) is 208 Å². The molecular weight excluding hydrogens is 376 g/mol. The van der Waals surface area contributed by atoms with Gasteiger partial charge in [0.2, 0.25) is 17.7 Å². The van der Waals surface area contributed by atoms with Crippen LogP contribution in [0.15, 0.2) is 0 Å². The summed E-state index contributed by atoms with van der Waals surface area (Å²) < 4.78 is 0. The summed E-state index contributed by atoms with van der Waals surface area (Å²) in [5.41, 5.74) is 5.34. The van der Waals surface area contributed by atoms with Crippen LogP contribution in [0, 0.1) is 5.92 Å². The quantitative estimate of drug-likeness (QED) is 0.181. The van der Waals surface area contributed by atoms with Gasteiger partial charge < -0.3 is 37.0 Å². The minimum Gasteiger partial charge on any atom is -0.481 e. The Labute approximate surface area is 161 Å². The maximum absolute atomic E-state index is 12.5. The maximum atomic E-state index is 12.5. The second kappa shape index (κ2) is 11.9. The van der Waals surface area contributed by atoms with E-state index in [2.05, 4.69) is 16.0 Å². The second-order valence-electron chi connectivity index (χ2n) is 6.39. The smallest absolute Gasteiger partial charge is 0.325 e. The van der Waals surface area contributed by atoms with E-state index in [1.807, 2.05) is 0 Å². The molecule has 5 atom stereocenters. The molecule has 0 saturated carbocycles. The molecule has 0 spiro atoms. The molecule has 0 saturated heterocycles. The molecule has 0 aromatic heterocycles. The van der Waals surface area contributed by atoms with Gasteiger partial charge in [-0.15, -0.1) is 0 Å². The average Bonchev–Trinajstić information content (AvgIpc) is 2.62. The fourth-order valence-corrected chi connectivity index (χ4v) is 2.07. The molecule has 160 valence electrons. The molecule has 0 aromatic carbocycles. The van der Waals surface area contributed by atoms with Crippen LogP contribution < -0.4 is 21.7 Å². The Morgan fingerprint density at radius 1 is 0.929 bits per heavy atom. The number of nitrogens with one attached hydrogen (secondary N) is 3. The van der Waals surface area contributed by atoms with Gasteiger partial charge in [-0.25, -0.2) is 0 Å². The lowest BCUT2D eigenvalue weighted by molar-refractivity contribution is -0.143. The minimum absolute atomic E-state index is 0.411. The number of nitrogens with two attached hydrogens (primary N) is 1. The van der Waals surface area contributed by atoms with Crippen LogP contribution in [0.3, 0.4) is 0 Å². The third-order valence-electron chi connectivity index (χ3n) is 4.07. The number of carboxylic acid groups (broad SMARTS) is 2. The van der Waals surface area contributed by atoms with Crippen LogP contribution in [0.1, 0.15) is 33.6 Å². The normalized spacial score (nSPS) is 16.0. The number of aliphatic hydroxyl groups is 1. The van der Waals surface area contributed by atoms with E-state index >= 15 is 0 Å². The van der Waals surface area contributed by atoms with Gasteiger partial charge in [-0.1, -0.05) is 20.3 Å². The van der Waals surface area contributed by atoms with Crippen molar-refractivity contribution >= 4 is 29.7 Å². The Morgan fingerprint density at radius 2 is 1.50 bits per heavy atom. The van der Waals surface area contributed by atoms with E-state index in [4.69, 9.17) is 21.1 Å². The largest absolute Gasteiger partial charge is 0.481 e. The highest BCUT2D eigenvalue weighted by molar-refractivity contribution is 5.95. The number of carboxylic acids is 2. The zero-order chi connectivity index (χ0) is 22.0. The van der Waals surface area contributed by atoms with Crippen LogP contribution >= 0.6 is 0 Å². The SMILES string of the molecule is CCC(C)C(NC(=O)C(CC(=O)O)NC(=O)C(N)CO)C(=O)NC(C)C(=O)O. The van der Waals surface area contributed by atoms with Crippen LogP contribution in [-0.4, -0.2) is 75.8 Å². The van der Waals surface area contributed by atoms with Crippen LogP contribution in [0.4, 0.5) is 0 Å². The molecule has 0 rings (SSSR count). The lowest BCUT2D eigenvalue weighted by Crippen LogP contribution is -2.59. The highest BCUT2D eigenvalue weighted by Gasteiger charge is 2.32. The number of aliphatic carboxylic acids is 2. The highest BCUT2D eigenvalue weighted by Crippen LogP contribution is 2.09. The third-order valence-corrected chi connectivity index (χ3v) is 4.07. The maximum Gasteiger partial charge on any atom is 0.325 e. The van der Waals surface area contributed by atoms with Gasteiger partial charge in [0.05, 0.1) is 13.0 Å². The Kier molecular flexibility index (Phi) is 10.7. The molecule has 0 fully saturated rings. The summed E-state index contributed by atoms with van der Waals surface area (Å²) in [6, 6.07) is -5.25. The van der Waals surface area contributed by atoms with E-state index in [1.54, 1.807) is 13.8 Å². The molecule has 28 heavy (non-hydrogen) atoms. The molecule has 8 N–H and O–H groups in total. The van der Waals surface area contributed by atoms with Gasteiger partial charge in [-0.3, -0.25) is 24.0 Å². The van der Waals surface area contributed by atoms with Crippen molar-refractivity contribution in [2.24, 2.45) is 11.7 Å². The molecule has 0 aromatic rings. The van der Waals surface area contributed by atoms with Gasteiger partial charge >= 0.3 is 11.9 Å². The van der Waals surface area contributed by atoms with E-state index < -0.39 is 72.8 Å². The molecule has 0 aliphatic rings. The first-order chi connectivity index (χ1) is 12.9. The standard InChI is InChI=1S/C16H28N4O8/c1-4-7(2)12(15(26)18-8(3)16(27)28)20-14(25)10(5-11(22)23)19-13(24)9(17)6-21/h7-10,12,21H,4-6,17H2,1-3H3,(H,18,26)(H,19,24)(H,20,25)(H,22,23)(H,27,28). The van der Waals surface area contributed by atoms with Gasteiger partial charge in [-0.05, 0) is 12.8 Å². The number of carbonyl (C=O) groups excluding carboxylic acids is 3. The van der Waals surface area contributed by atoms with E-state index in [-0.39, 0.29) is 0 Å². The Balaban J connectivity index is 5.39. The lowest BCUT2D eigenvalue weighted by atomic mass is 9.97. The molecule has 5 unspecified atom stereocenters. The fourth-order valence-electron chi connectivity index (χ4n) is 2.07. The molecule has 0 aliphatic heterocycles. The number of aliphatic hydroxyl groups excluding tert-OH is 1. The molecular formula is C16H28N4O8. The average molecular weight is 404 g/mol. The summed E-state index contributed by atoms with van der Waals surface area (Å²) >= 11 is 0. The Hall–Kier alpha value is -2.73. The third kappa shape index (κ3) is 8.31. The van der Waals surface area contributed by atoms with Gasteiger partial charge in [0.15, 0.2) is 0 Å². The minimum atomic E-state index is -1.54. The van der Waals surface area contributed by atoms with Crippen molar-refractivity contribution in [2.45, 2.75) is 57.8 Å². The van der Waals surface area contributed by atoms with Gasteiger partial charge in [0.25, 0.3) is 0 Å². The van der Waals surface area contributed by atoms with Crippen LogP contribution in [0.2, 0.25) is 0 Å². The zero-order valence-electron chi connectivity index (χ0n) is 16.0. The summed E-state index contributed by atoms with van der Waals surface area (Å²) in [5, 5.41) is 33.5. The molecule has 12 heteroatoms. The molecule has 3 amide bonds. The second-order valence-corrected chi connectivity index (χ2v) is 6.39. The van der Waals surface area contributed by atoms with Crippen molar-refractivity contribution in [1.29, 1.82) is 0 Å². The highest BCUT2D eigenvalue weighted by atomic mass is 16.4. The van der Waals surface area contributed by atoms with Crippen molar-refractivity contribution in [3.8, 4) is 0 Å². The predicted octanol–water partition coefficient (Wildman–Crippen LogP) is -2.61. The number of rotatable bonds is 12. The molecule has 0 bridgehead atoms. The summed E-state index contributed by atoms with van der Waals surface area (Å²) in [7, 11) is 0. The molecule has 12 nitrogen and oxygen atoms in total. The van der Waals surface area contributed by atoms with Crippen molar-refractivity contribution < 1.29 is 39.3 Å². The summed E-state index contributed by atoms with van der Waals surface area (Å²) in [6.07, 6.45) is -0.332. The predicted molar refractivity (Wildman–Crippen MR) is 95.9 cm³/mol. The molecule has 0 aliphatic carbocycles. The Morgan fingerprint density at radius 3 is 1.93 bits per heavy atom. The van der Waals surface area contributed by atoms with Crippen molar-refractivity contribution in [1.82, 2.24) is 16.0 Å². The van der Waals surface area contributed by atoms with Crippen LogP contribution in [-0.2, 0) is 24.0 Å². The number of carbonyl (C=O) groups is 5. The first kappa shape index (κ1) is 25.3. The summed E-state index contributed by atoms with van der Waals surface area (Å²) in [4.78, 5) is 58.6. The van der Waals surface area contributed by atoms with Crippen molar-refractivity contribution in [3.63, 3.8) is 0 Å².